The van der Waals surface area contributed by atoms with E-state index in [-0.39, 0.29) is 5.91 Å². The van der Waals surface area contributed by atoms with Gasteiger partial charge < -0.3 is 19.6 Å². The lowest BCUT2D eigenvalue weighted by Gasteiger charge is -2.43. The number of nitrogens with one attached hydrogen (secondary N) is 1. The number of carbonyl (C=O) groups is 3. The predicted octanol–water partition coefficient (Wildman–Crippen LogP) is 1.41. The van der Waals surface area contributed by atoms with Gasteiger partial charge in [0, 0.05) is 12.0 Å². The molecule has 4 rings (SSSR count). The number of rotatable bonds is 4. The van der Waals surface area contributed by atoms with Gasteiger partial charge in [-0.25, -0.2) is 9.59 Å². The van der Waals surface area contributed by atoms with Crippen LogP contribution >= 0.6 is 0 Å². The molecule has 4 heterocycles. The average Bonchev–Trinajstić information content (AvgIpc) is 3.11. The Morgan fingerprint density at radius 1 is 1.22 bits per heavy atom. The molecule has 0 aromatic carbocycles. The van der Waals surface area contributed by atoms with Gasteiger partial charge in [-0.05, 0) is 43.4 Å². The van der Waals surface area contributed by atoms with Gasteiger partial charge in [0.1, 0.15) is 0 Å². The standard InChI is InChI=1S/C15H24N4O2.C2H2O4/c1-4-15(2,3)13(20)17-14-16-12(21-18-14)11-9-19-7-5-10(11)6-8-19;3-1(4)2(5)6/h10-11H,4-9H2,1-3H3,(H,17,18,20);(H,3,4)(H,5,6). The molecule has 10 heteroatoms. The van der Waals surface area contributed by atoms with Crippen molar-refractivity contribution in [3.8, 4) is 0 Å². The van der Waals surface area contributed by atoms with Crippen molar-refractivity contribution < 1.29 is 29.1 Å². The number of aromatic nitrogens is 2. The second kappa shape index (κ2) is 8.47. The van der Waals surface area contributed by atoms with Crippen LogP contribution in [0.15, 0.2) is 4.52 Å². The SMILES string of the molecule is CCC(C)(C)C(=O)Nc1noc(C2CN3CCC2CC3)n1.O=C(O)C(=O)O. The number of hydrogen-bond donors (Lipinski definition) is 3. The van der Waals surface area contributed by atoms with E-state index in [9.17, 15) is 4.79 Å². The van der Waals surface area contributed by atoms with Crippen LogP contribution in [0.5, 0.6) is 0 Å². The Bertz CT molecular complexity index is 681. The number of hydrogen-bond acceptors (Lipinski definition) is 7. The largest absolute Gasteiger partial charge is 0.473 e. The molecule has 3 N–H and O–H groups in total. The van der Waals surface area contributed by atoms with Crippen LogP contribution in [0.25, 0.3) is 0 Å². The fourth-order valence-corrected chi connectivity index (χ4v) is 3.11. The number of carbonyl (C=O) groups excluding carboxylic acids is 1. The van der Waals surface area contributed by atoms with Crippen LogP contribution in [0.3, 0.4) is 0 Å². The van der Waals surface area contributed by atoms with Crippen LogP contribution in [0, 0.1) is 11.3 Å². The molecule has 10 nitrogen and oxygen atoms in total. The Morgan fingerprint density at radius 2 is 1.81 bits per heavy atom. The zero-order chi connectivity index (χ0) is 20.2. The van der Waals surface area contributed by atoms with Gasteiger partial charge in [-0.15, -0.1) is 0 Å². The molecule has 2 bridgehead atoms. The van der Waals surface area contributed by atoms with Crippen LogP contribution in [0.2, 0.25) is 0 Å². The number of carboxylic acids is 2. The van der Waals surface area contributed by atoms with Crippen LogP contribution < -0.4 is 5.32 Å². The first-order chi connectivity index (χ1) is 12.6. The number of carboxylic acid groups (broad SMARTS) is 2. The van der Waals surface area contributed by atoms with E-state index in [0.717, 1.165) is 13.0 Å². The first-order valence-corrected chi connectivity index (χ1v) is 8.97. The van der Waals surface area contributed by atoms with E-state index < -0.39 is 17.4 Å². The third-order valence-corrected chi connectivity index (χ3v) is 5.32. The maximum atomic E-state index is 12.1. The Balaban J connectivity index is 0.000000380. The van der Waals surface area contributed by atoms with Crippen LogP contribution in [-0.2, 0) is 14.4 Å². The molecule has 3 saturated heterocycles. The maximum absolute atomic E-state index is 12.1. The van der Waals surface area contributed by atoms with Gasteiger partial charge in [0.2, 0.25) is 11.8 Å². The van der Waals surface area contributed by atoms with Crippen molar-refractivity contribution in [2.45, 2.75) is 46.0 Å². The van der Waals surface area contributed by atoms with Gasteiger partial charge in [0.15, 0.2) is 0 Å². The van der Waals surface area contributed by atoms with Crippen LogP contribution in [-0.4, -0.2) is 62.7 Å². The van der Waals surface area contributed by atoms with Crippen molar-refractivity contribution in [2.24, 2.45) is 11.3 Å². The van der Waals surface area contributed by atoms with Gasteiger partial charge in [-0.2, -0.15) is 4.98 Å². The third kappa shape index (κ3) is 5.25. The Kier molecular flexibility index (Phi) is 6.53. The zero-order valence-electron chi connectivity index (χ0n) is 15.8. The summed E-state index contributed by atoms with van der Waals surface area (Å²) in [4.78, 5) is 37.2. The van der Waals surface area contributed by atoms with Crippen molar-refractivity contribution in [3.05, 3.63) is 5.89 Å². The summed E-state index contributed by atoms with van der Waals surface area (Å²) < 4.78 is 5.40. The summed E-state index contributed by atoms with van der Waals surface area (Å²) >= 11 is 0. The van der Waals surface area contributed by atoms with Gasteiger partial charge in [0.05, 0.1) is 5.92 Å². The zero-order valence-corrected chi connectivity index (χ0v) is 15.8. The monoisotopic (exact) mass is 382 g/mol. The highest BCUT2D eigenvalue weighted by Crippen LogP contribution is 2.38. The van der Waals surface area contributed by atoms with Crippen molar-refractivity contribution >= 4 is 23.8 Å². The summed E-state index contributed by atoms with van der Waals surface area (Å²) in [6.07, 6.45) is 3.18. The van der Waals surface area contributed by atoms with E-state index in [2.05, 4.69) is 20.4 Å². The molecule has 1 unspecified atom stereocenters. The summed E-state index contributed by atoms with van der Waals surface area (Å²) in [5, 5.41) is 21.5. The molecule has 0 aliphatic carbocycles. The van der Waals surface area contributed by atoms with E-state index in [1.807, 2.05) is 20.8 Å². The maximum Gasteiger partial charge on any atom is 0.414 e. The van der Waals surface area contributed by atoms with Gasteiger partial charge in [-0.3, -0.25) is 10.1 Å². The molecule has 150 valence electrons. The highest BCUT2D eigenvalue weighted by Gasteiger charge is 2.38. The van der Waals surface area contributed by atoms with Gasteiger partial charge in [0.25, 0.3) is 5.95 Å². The number of piperidine rings is 3. The Hall–Kier alpha value is -2.49. The molecule has 0 spiro atoms. The highest BCUT2D eigenvalue weighted by molar-refractivity contribution is 6.27. The molecule has 1 aromatic rings. The fourth-order valence-electron chi connectivity index (χ4n) is 3.11. The fraction of sp³-hybridized carbons (Fsp3) is 0.706. The topological polar surface area (TPSA) is 146 Å². The molecule has 0 radical (unpaired) electrons. The molecule has 1 aromatic heterocycles. The van der Waals surface area contributed by atoms with Crippen LogP contribution in [0.4, 0.5) is 5.95 Å². The molecule has 1 amide bonds. The van der Waals surface area contributed by atoms with Crippen molar-refractivity contribution in [2.75, 3.05) is 25.0 Å². The second-order valence-corrected chi connectivity index (χ2v) is 7.50. The lowest BCUT2D eigenvalue weighted by Crippen LogP contribution is -2.46. The van der Waals surface area contributed by atoms with Crippen molar-refractivity contribution in [3.63, 3.8) is 0 Å². The minimum absolute atomic E-state index is 0.0636. The van der Waals surface area contributed by atoms with E-state index in [0.29, 0.717) is 23.7 Å². The van der Waals surface area contributed by atoms with Crippen molar-refractivity contribution in [1.82, 2.24) is 15.0 Å². The number of nitrogens with zero attached hydrogens (tertiary/aromatic N) is 3. The number of aliphatic carboxylic acids is 2. The van der Waals surface area contributed by atoms with E-state index >= 15 is 0 Å². The molecule has 1 atom stereocenters. The lowest BCUT2D eigenvalue weighted by atomic mass is 9.79. The van der Waals surface area contributed by atoms with Gasteiger partial charge in [-0.1, -0.05) is 20.8 Å². The van der Waals surface area contributed by atoms with Crippen molar-refractivity contribution in [1.29, 1.82) is 0 Å². The minimum atomic E-state index is -1.82. The summed E-state index contributed by atoms with van der Waals surface area (Å²) in [5.41, 5.74) is -0.420. The number of anilines is 1. The summed E-state index contributed by atoms with van der Waals surface area (Å²) in [7, 11) is 0. The normalized spacial score (nSPS) is 23.9. The molecule has 3 fully saturated rings. The molecular weight excluding hydrogens is 356 g/mol. The quantitative estimate of drug-likeness (QED) is 0.658. The first kappa shape index (κ1) is 20.8. The molecule has 3 aliphatic heterocycles. The van der Waals surface area contributed by atoms with Gasteiger partial charge >= 0.3 is 11.9 Å². The molecular formula is C17H26N4O6. The summed E-state index contributed by atoms with van der Waals surface area (Å²) in [6.45, 7) is 9.19. The third-order valence-electron chi connectivity index (χ3n) is 5.32. The Morgan fingerprint density at radius 3 is 2.26 bits per heavy atom. The predicted molar refractivity (Wildman–Crippen MR) is 94.2 cm³/mol. The number of amides is 1. The second-order valence-electron chi connectivity index (χ2n) is 7.50. The number of fused-ring (bicyclic) bond motifs is 3. The molecule has 27 heavy (non-hydrogen) atoms. The van der Waals surface area contributed by atoms with E-state index in [4.69, 9.17) is 24.3 Å². The average molecular weight is 382 g/mol. The minimum Gasteiger partial charge on any atom is -0.473 e. The van der Waals surface area contributed by atoms with E-state index in [1.54, 1.807) is 0 Å². The van der Waals surface area contributed by atoms with E-state index in [1.165, 1.54) is 25.9 Å². The molecule has 3 aliphatic rings. The smallest absolute Gasteiger partial charge is 0.414 e. The molecule has 0 saturated carbocycles. The Labute approximate surface area is 156 Å². The highest BCUT2D eigenvalue weighted by atomic mass is 16.5. The summed E-state index contributed by atoms with van der Waals surface area (Å²) in [5.74, 6) is -1.77. The first-order valence-electron chi connectivity index (χ1n) is 8.97. The lowest BCUT2D eigenvalue weighted by molar-refractivity contribution is -0.159. The van der Waals surface area contributed by atoms with Crippen LogP contribution in [0.1, 0.15) is 51.8 Å². The summed E-state index contributed by atoms with van der Waals surface area (Å²) in [6, 6.07) is 0.